The summed E-state index contributed by atoms with van der Waals surface area (Å²) in [5, 5.41) is 23.7. The Kier molecular flexibility index (Phi) is 5.17. The van der Waals surface area contributed by atoms with Gasteiger partial charge in [0.25, 0.3) is 0 Å². The minimum absolute atomic E-state index is 0.0605. The second-order valence-electron chi connectivity index (χ2n) is 8.81. The standard InChI is InChI=1S/C20H29NO4/c1-19(2,3)14-9-12(10-15(18(14)24)20(4,5)6)16-11-13(21-25-16)7-8-17(22)23/h9-10,16,24H,7-8,11H2,1-6H3,(H,22,23). The smallest absolute Gasteiger partial charge is 0.303 e. The van der Waals surface area contributed by atoms with Gasteiger partial charge in [0.2, 0.25) is 0 Å². The Morgan fingerprint density at radius 2 is 1.68 bits per heavy atom. The van der Waals surface area contributed by atoms with E-state index in [1.165, 1.54) is 0 Å². The molecule has 0 amide bonds. The van der Waals surface area contributed by atoms with Gasteiger partial charge in [-0.15, -0.1) is 0 Å². The van der Waals surface area contributed by atoms with Crippen molar-refractivity contribution in [2.75, 3.05) is 0 Å². The first kappa shape index (κ1) is 19.3. The summed E-state index contributed by atoms with van der Waals surface area (Å²) in [5.41, 5.74) is 3.11. The molecule has 0 radical (unpaired) electrons. The largest absolute Gasteiger partial charge is 0.507 e. The lowest BCUT2D eigenvalue weighted by Crippen LogP contribution is -2.18. The topological polar surface area (TPSA) is 79.1 Å². The zero-order valence-corrected chi connectivity index (χ0v) is 16.0. The highest BCUT2D eigenvalue weighted by Gasteiger charge is 2.30. The van der Waals surface area contributed by atoms with E-state index < -0.39 is 5.97 Å². The molecule has 0 bridgehead atoms. The first-order chi connectivity index (χ1) is 11.4. The molecule has 0 aliphatic carbocycles. The fourth-order valence-corrected chi connectivity index (χ4v) is 2.99. The molecule has 0 saturated heterocycles. The summed E-state index contributed by atoms with van der Waals surface area (Å²) in [6.45, 7) is 12.4. The maximum atomic E-state index is 10.8. The molecule has 1 unspecified atom stereocenters. The van der Waals surface area contributed by atoms with Crippen LogP contribution in [0.4, 0.5) is 0 Å². The number of phenols is 1. The van der Waals surface area contributed by atoms with Crippen LogP contribution >= 0.6 is 0 Å². The number of oxime groups is 1. The van der Waals surface area contributed by atoms with E-state index in [1.807, 2.05) is 12.1 Å². The highest BCUT2D eigenvalue weighted by atomic mass is 16.6. The number of nitrogens with zero attached hydrogens (tertiary/aromatic N) is 1. The molecule has 2 N–H and O–H groups in total. The van der Waals surface area contributed by atoms with Gasteiger partial charge in [0.05, 0.1) is 12.1 Å². The summed E-state index contributed by atoms with van der Waals surface area (Å²) in [6, 6.07) is 3.98. The van der Waals surface area contributed by atoms with E-state index in [4.69, 9.17) is 9.94 Å². The fraction of sp³-hybridized carbons (Fsp3) is 0.600. The van der Waals surface area contributed by atoms with Crippen LogP contribution in [0.3, 0.4) is 0 Å². The molecule has 1 aromatic rings. The third-order valence-corrected chi connectivity index (χ3v) is 4.48. The second-order valence-corrected chi connectivity index (χ2v) is 8.81. The zero-order valence-electron chi connectivity index (χ0n) is 16.0. The number of aliphatic carboxylic acids is 1. The summed E-state index contributed by atoms with van der Waals surface area (Å²) in [4.78, 5) is 16.3. The lowest BCUT2D eigenvalue weighted by atomic mass is 9.77. The average Bonchev–Trinajstić information content (AvgIpc) is 2.91. The summed E-state index contributed by atoms with van der Waals surface area (Å²) in [6.07, 6.45) is 0.824. The second kappa shape index (κ2) is 6.70. The van der Waals surface area contributed by atoms with E-state index in [2.05, 4.69) is 46.7 Å². The highest BCUT2D eigenvalue weighted by Crippen LogP contribution is 2.42. The van der Waals surface area contributed by atoms with E-state index in [0.717, 1.165) is 22.4 Å². The number of carbonyl (C=O) groups is 1. The molecule has 138 valence electrons. The third-order valence-electron chi connectivity index (χ3n) is 4.48. The molecule has 5 heteroatoms. The molecule has 1 aliphatic heterocycles. The molecule has 1 aliphatic rings. The van der Waals surface area contributed by atoms with Crippen molar-refractivity contribution in [3.05, 3.63) is 28.8 Å². The maximum Gasteiger partial charge on any atom is 0.303 e. The Morgan fingerprint density at radius 3 is 2.12 bits per heavy atom. The quantitative estimate of drug-likeness (QED) is 0.829. The van der Waals surface area contributed by atoms with Gasteiger partial charge in [0, 0.05) is 6.42 Å². The fourth-order valence-electron chi connectivity index (χ4n) is 2.99. The van der Waals surface area contributed by atoms with Crippen LogP contribution in [-0.2, 0) is 20.5 Å². The van der Waals surface area contributed by atoms with E-state index in [-0.39, 0.29) is 23.4 Å². The molecule has 5 nitrogen and oxygen atoms in total. The lowest BCUT2D eigenvalue weighted by Gasteiger charge is -2.29. The molecule has 1 atom stereocenters. The number of phenolic OH excluding ortho intramolecular Hbond substituents is 1. The number of rotatable bonds is 4. The van der Waals surface area contributed by atoms with Gasteiger partial charge in [-0.3, -0.25) is 4.79 Å². The monoisotopic (exact) mass is 347 g/mol. The van der Waals surface area contributed by atoms with Crippen molar-refractivity contribution in [2.45, 2.75) is 77.7 Å². The van der Waals surface area contributed by atoms with Gasteiger partial charge in [0.15, 0.2) is 6.10 Å². The van der Waals surface area contributed by atoms with E-state index >= 15 is 0 Å². The minimum Gasteiger partial charge on any atom is -0.507 e. The Hall–Kier alpha value is -2.04. The predicted octanol–water partition coefficient (Wildman–Crippen LogP) is 4.67. The Morgan fingerprint density at radius 1 is 1.16 bits per heavy atom. The number of carboxylic acids is 1. The van der Waals surface area contributed by atoms with E-state index in [0.29, 0.717) is 18.6 Å². The zero-order chi connectivity index (χ0) is 19.0. The number of hydrogen-bond donors (Lipinski definition) is 2. The molecule has 0 saturated carbocycles. The molecular weight excluding hydrogens is 318 g/mol. The van der Waals surface area contributed by atoms with Gasteiger partial charge in [-0.1, -0.05) is 46.7 Å². The minimum atomic E-state index is -0.833. The average molecular weight is 347 g/mol. The summed E-state index contributed by atoms with van der Waals surface area (Å²) >= 11 is 0. The first-order valence-electron chi connectivity index (χ1n) is 8.71. The molecule has 2 rings (SSSR count). The highest BCUT2D eigenvalue weighted by molar-refractivity contribution is 5.88. The molecule has 0 spiro atoms. The first-order valence-corrected chi connectivity index (χ1v) is 8.71. The predicted molar refractivity (Wildman–Crippen MR) is 98.3 cm³/mol. The van der Waals surface area contributed by atoms with E-state index in [1.54, 1.807) is 0 Å². The van der Waals surface area contributed by atoms with Crippen molar-refractivity contribution in [2.24, 2.45) is 5.16 Å². The Labute approximate surface area is 149 Å². The normalized spacial score (nSPS) is 18.0. The van der Waals surface area contributed by atoms with Crippen LogP contribution in [0.25, 0.3) is 0 Å². The van der Waals surface area contributed by atoms with Gasteiger partial charge in [0.1, 0.15) is 5.75 Å². The molecular formula is C20H29NO4. The van der Waals surface area contributed by atoms with E-state index in [9.17, 15) is 9.90 Å². The van der Waals surface area contributed by atoms with Crippen LogP contribution < -0.4 is 0 Å². The van der Waals surface area contributed by atoms with Crippen molar-refractivity contribution in [3.8, 4) is 5.75 Å². The van der Waals surface area contributed by atoms with Gasteiger partial charge in [-0.2, -0.15) is 0 Å². The number of hydrogen-bond acceptors (Lipinski definition) is 4. The van der Waals surface area contributed by atoms with Crippen LogP contribution in [0.1, 0.15) is 83.6 Å². The van der Waals surface area contributed by atoms with Gasteiger partial charge >= 0.3 is 5.97 Å². The van der Waals surface area contributed by atoms with Crippen LogP contribution in [0.5, 0.6) is 5.75 Å². The van der Waals surface area contributed by atoms with Crippen molar-refractivity contribution >= 4 is 11.7 Å². The number of benzene rings is 1. The van der Waals surface area contributed by atoms with Gasteiger partial charge in [-0.25, -0.2) is 0 Å². The van der Waals surface area contributed by atoms with Crippen molar-refractivity contribution in [3.63, 3.8) is 0 Å². The summed E-state index contributed by atoms with van der Waals surface area (Å²) < 4.78 is 0. The van der Waals surface area contributed by atoms with Crippen molar-refractivity contribution in [1.82, 2.24) is 0 Å². The number of carboxylic acid groups (broad SMARTS) is 1. The SMILES string of the molecule is CC(C)(C)c1cc(C2CC(CCC(=O)O)=NO2)cc(C(C)(C)C)c1O. The lowest BCUT2D eigenvalue weighted by molar-refractivity contribution is -0.136. The molecule has 1 heterocycles. The van der Waals surface area contributed by atoms with Crippen LogP contribution in [0.2, 0.25) is 0 Å². The van der Waals surface area contributed by atoms with Gasteiger partial charge in [-0.05, 0) is 46.1 Å². The van der Waals surface area contributed by atoms with Crippen LogP contribution in [0, 0.1) is 0 Å². The van der Waals surface area contributed by atoms with Crippen LogP contribution in [-0.4, -0.2) is 21.9 Å². The molecule has 1 aromatic carbocycles. The van der Waals surface area contributed by atoms with Crippen LogP contribution in [0.15, 0.2) is 17.3 Å². The van der Waals surface area contributed by atoms with Crippen molar-refractivity contribution < 1.29 is 19.8 Å². The summed E-state index contributed by atoms with van der Waals surface area (Å²) in [7, 11) is 0. The van der Waals surface area contributed by atoms with Crippen molar-refractivity contribution in [1.29, 1.82) is 0 Å². The molecule has 0 fully saturated rings. The Bertz CT molecular complexity index is 658. The Balaban J connectivity index is 2.35. The molecule has 25 heavy (non-hydrogen) atoms. The summed E-state index contributed by atoms with van der Waals surface area (Å²) in [5.74, 6) is -0.491. The maximum absolute atomic E-state index is 10.8. The van der Waals surface area contributed by atoms with Gasteiger partial charge < -0.3 is 15.1 Å². The number of aromatic hydroxyl groups is 1. The molecule has 0 aromatic heterocycles. The third kappa shape index (κ3) is 4.53.